The molecule has 3 rings (SSSR count). The third-order valence-corrected chi connectivity index (χ3v) is 4.59. The van der Waals surface area contributed by atoms with Crippen LogP contribution in [0.25, 0.3) is 0 Å². The number of piperazine rings is 1. The number of amides is 2. The Kier molecular flexibility index (Phi) is 5.53. The molecule has 0 unspecified atom stereocenters. The Balaban J connectivity index is 1.57. The summed E-state index contributed by atoms with van der Waals surface area (Å²) in [6.45, 7) is 5.93. The van der Waals surface area contributed by atoms with Crippen molar-refractivity contribution in [1.82, 2.24) is 4.90 Å². The monoisotopic (exact) mass is 352 g/mol. The van der Waals surface area contributed by atoms with Crippen molar-refractivity contribution >= 4 is 28.9 Å². The van der Waals surface area contributed by atoms with Crippen LogP contribution in [0.15, 0.2) is 48.5 Å². The van der Waals surface area contributed by atoms with Crippen molar-refractivity contribution in [3.05, 3.63) is 54.1 Å². The molecule has 136 valence electrons. The fraction of sp³-hybridized carbons (Fsp3) is 0.300. The van der Waals surface area contributed by atoms with Gasteiger partial charge in [-0.15, -0.1) is 0 Å². The fourth-order valence-electron chi connectivity index (χ4n) is 2.90. The number of nitrogens with zero attached hydrogens (tertiary/aromatic N) is 2. The summed E-state index contributed by atoms with van der Waals surface area (Å²) in [5.74, 6) is -1.36. The van der Waals surface area contributed by atoms with E-state index < -0.39 is 11.8 Å². The van der Waals surface area contributed by atoms with Gasteiger partial charge in [-0.2, -0.15) is 0 Å². The lowest BCUT2D eigenvalue weighted by atomic mass is 10.2. The molecule has 0 radical (unpaired) electrons. The maximum atomic E-state index is 12.1. The number of hydrogen-bond acceptors (Lipinski definition) is 4. The van der Waals surface area contributed by atoms with E-state index in [0.717, 1.165) is 37.4 Å². The van der Waals surface area contributed by atoms with E-state index in [0.29, 0.717) is 11.4 Å². The zero-order chi connectivity index (χ0) is 18.5. The Morgan fingerprint density at radius 1 is 0.846 bits per heavy atom. The van der Waals surface area contributed by atoms with Gasteiger partial charge in [0.25, 0.3) is 0 Å². The van der Waals surface area contributed by atoms with Crippen molar-refractivity contribution in [2.75, 3.05) is 48.8 Å². The molecule has 2 N–H and O–H groups in total. The summed E-state index contributed by atoms with van der Waals surface area (Å²) >= 11 is 0. The van der Waals surface area contributed by atoms with Gasteiger partial charge in [-0.05, 0) is 49.9 Å². The molecule has 26 heavy (non-hydrogen) atoms. The second kappa shape index (κ2) is 8.01. The van der Waals surface area contributed by atoms with Crippen LogP contribution in [0.4, 0.5) is 17.1 Å². The lowest BCUT2D eigenvalue weighted by Crippen LogP contribution is -2.44. The highest BCUT2D eigenvalue weighted by Gasteiger charge is 2.16. The summed E-state index contributed by atoms with van der Waals surface area (Å²) in [4.78, 5) is 28.8. The maximum absolute atomic E-state index is 12.1. The Labute approximate surface area is 153 Å². The molecule has 0 atom stereocenters. The van der Waals surface area contributed by atoms with Crippen LogP contribution in [0, 0.1) is 6.92 Å². The molecule has 1 saturated heterocycles. The third kappa shape index (κ3) is 4.40. The zero-order valence-electron chi connectivity index (χ0n) is 15.2. The second-order valence-electron chi connectivity index (χ2n) is 6.56. The molecule has 1 aliphatic rings. The summed E-state index contributed by atoms with van der Waals surface area (Å²) in [6, 6.07) is 14.9. The van der Waals surface area contributed by atoms with E-state index in [4.69, 9.17) is 0 Å². The smallest absolute Gasteiger partial charge is 0.314 e. The van der Waals surface area contributed by atoms with Gasteiger partial charge in [-0.1, -0.05) is 18.2 Å². The molecule has 0 spiro atoms. The topological polar surface area (TPSA) is 64.7 Å². The molecule has 2 aromatic carbocycles. The predicted molar refractivity (Wildman–Crippen MR) is 105 cm³/mol. The minimum Gasteiger partial charge on any atom is -0.369 e. The first-order valence-electron chi connectivity index (χ1n) is 8.74. The molecule has 6 nitrogen and oxygen atoms in total. The molecule has 1 heterocycles. The quantitative estimate of drug-likeness (QED) is 0.832. The molecule has 1 fully saturated rings. The van der Waals surface area contributed by atoms with Crippen LogP contribution >= 0.6 is 0 Å². The van der Waals surface area contributed by atoms with Gasteiger partial charge in [0.05, 0.1) is 0 Å². The average molecular weight is 352 g/mol. The summed E-state index contributed by atoms with van der Waals surface area (Å²) in [5, 5.41) is 5.27. The number of aryl methyl sites for hydroxylation is 1. The standard InChI is InChI=1S/C20H24N4O2/c1-15-5-3-4-6-18(15)22-20(26)19(25)21-16-7-9-17(10-8-16)24-13-11-23(2)12-14-24/h3-10H,11-14H2,1-2H3,(H,21,25)(H,22,26). The molecule has 6 heteroatoms. The van der Waals surface area contributed by atoms with Crippen molar-refractivity contribution in [1.29, 1.82) is 0 Å². The summed E-state index contributed by atoms with van der Waals surface area (Å²) in [5.41, 5.74) is 3.27. The minimum atomic E-state index is -0.680. The summed E-state index contributed by atoms with van der Waals surface area (Å²) in [7, 11) is 2.12. The maximum Gasteiger partial charge on any atom is 0.314 e. The summed E-state index contributed by atoms with van der Waals surface area (Å²) < 4.78 is 0. The predicted octanol–water partition coefficient (Wildman–Crippen LogP) is 2.32. The van der Waals surface area contributed by atoms with Crippen molar-refractivity contribution in [2.45, 2.75) is 6.92 Å². The first-order valence-corrected chi connectivity index (χ1v) is 8.74. The number of rotatable bonds is 3. The Bertz CT molecular complexity index is 781. The largest absolute Gasteiger partial charge is 0.369 e. The highest BCUT2D eigenvalue weighted by atomic mass is 16.2. The van der Waals surface area contributed by atoms with Gasteiger partial charge in [0.15, 0.2) is 0 Å². The van der Waals surface area contributed by atoms with Gasteiger partial charge < -0.3 is 20.4 Å². The first-order chi connectivity index (χ1) is 12.5. The van der Waals surface area contributed by atoms with E-state index in [-0.39, 0.29) is 0 Å². The van der Waals surface area contributed by atoms with Crippen LogP contribution in [-0.4, -0.2) is 49.9 Å². The van der Waals surface area contributed by atoms with E-state index in [1.165, 1.54) is 0 Å². The lowest BCUT2D eigenvalue weighted by Gasteiger charge is -2.34. The van der Waals surface area contributed by atoms with Crippen LogP contribution in [0.2, 0.25) is 0 Å². The number of carbonyl (C=O) groups is 2. The average Bonchev–Trinajstić information content (AvgIpc) is 2.65. The second-order valence-corrected chi connectivity index (χ2v) is 6.56. The fourth-order valence-corrected chi connectivity index (χ4v) is 2.90. The normalized spacial score (nSPS) is 14.8. The number of nitrogens with one attached hydrogen (secondary N) is 2. The SMILES string of the molecule is Cc1ccccc1NC(=O)C(=O)Nc1ccc(N2CCN(C)CC2)cc1. The van der Waals surface area contributed by atoms with Crippen molar-refractivity contribution in [2.24, 2.45) is 0 Å². The molecule has 2 aromatic rings. The number of benzene rings is 2. The number of hydrogen-bond donors (Lipinski definition) is 2. The van der Waals surface area contributed by atoms with E-state index in [1.54, 1.807) is 6.07 Å². The number of carbonyl (C=O) groups excluding carboxylic acids is 2. The lowest BCUT2D eigenvalue weighted by molar-refractivity contribution is -0.133. The van der Waals surface area contributed by atoms with E-state index in [1.807, 2.05) is 49.4 Å². The van der Waals surface area contributed by atoms with Crippen LogP contribution < -0.4 is 15.5 Å². The van der Waals surface area contributed by atoms with Crippen molar-refractivity contribution in [3.8, 4) is 0 Å². The molecular formula is C20H24N4O2. The minimum absolute atomic E-state index is 0.604. The van der Waals surface area contributed by atoms with Crippen LogP contribution in [0.5, 0.6) is 0 Å². The van der Waals surface area contributed by atoms with Crippen molar-refractivity contribution < 1.29 is 9.59 Å². The number of anilines is 3. The Morgan fingerprint density at radius 3 is 2.12 bits per heavy atom. The molecular weight excluding hydrogens is 328 g/mol. The number of likely N-dealkylation sites (N-methyl/N-ethyl adjacent to an activating group) is 1. The molecule has 0 bridgehead atoms. The van der Waals surface area contributed by atoms with Gasteiger partial charge in [0.1, 0.15) is 0 Å². The Morgan fingerprint density at radius 2 is 1.46 bits per heavy atom. The van der Waals surface area contributed by atoms with Crippen LogP contribution in [0.3, 0.4) is 0 Å². The van der Waals surface area contributed by atoms with Gasteiger partial charge in [0.2, 0.25) is 0 Å². The molecule has 1 aliphatic heterocycles. The van der Waals surface area contributed by atoms with Gasteiger partial charge in [-0.3, -0.25) is 9.59 Å². The van der Waals surface area contributed by atoms with E-state index in [9.17, 15) is 9.59 Å². The van der Waals surface area contributed by atoms with E-state index >= 15 is 0 Å². The van der Waals surface area contributed by atoms with Crippen LogP contribution in [-0.2, 0) is 9.59 Å². The first kappa shape index (κ1) is 17.9. The van der Waals surface area contributed by atoms with Crippen LogP contribution in [0.1, 0.15) is 5.56 Å². The van der Waals surface area contributed by atoms with Gasteiger partial charge in [0, 0.05) is 43.2 Å². The molecule has 0 aromatic heterocycles. The van der Waals surface area contributed by atoms with E-state index in [2.05, 4.69) is 27.5 Å². The molecule has 0 saturated carbocycles. The highest BCUT2D eigenvalue weighted by molar-refractivity contribution is 6.43. The Hall–Kier alpha value is -2.86. The molecule has 2 amide bonds. The van der Waals surface area contributed by atoms with Gasteiger partial charge in [-0.25, -0.2) is 0 Å². The highest BCUT2D eigenvalue weighted by Crippen LogP contribution is 2.19. The van der Waals surface area contributed by atoms with Gasteiger partial charge >= 0.3 is 11.8 Å². The number of para-hydroxylation sites is 1. The third-order valence-electron chi connectivity index (χ3n) is 4.59. The summed E-state index contributed by atoms with van der Waals surface area (Å²) in [6.07, 6.45) is 0. The molecule has 0 aliphatic carbocycles. The van der Waals surface area contributed by atoms with Crippen molar-refractivity contribution in [3.63, 3.8) is 0 Å². The zero-order valence-corrected chi connectivity index (χ0v) is 15.2.